The van der Waals surface area contributed by atoms with E-state index in [9.17, 15) is 9.59 Å². The van der Waals surface area contributed by atoms with Crippen LogP contribution in [0.3, 0.4) is 0 Å². The third-order valence-electron chi connectivity index (χ3n) is 2.76. The lowest BCUT2D eigenvalue weighted by Crippen LogP contribution is -2.30. The number of rotatable bonds is 2. The zero-order valence-electron chi connectivity index (χ0n) is 10.00. The van der Waals surface area contributed by atoms with Crippen LogP contribution in [0.1, 0.15) is 0 Å². The number of hydrogen-bond acceptors (Lipinski definition) is 4. The van der Waals surface area contributed by atoms with Gasteiger partial charge < -0.3 is 5.32 Å². The molecule has 1 N–H and O–H groups in total. The number of nitrogens with zero attached hydrogens (tertiary/aromatic N) is 2. The number of carbonyl (C=O) groups is 1. The van der Waals surface area contributed by atoms with Crippen molar-refractivity contribution < 1.29 is 4.79 Å². The van der Waals surface area contributed by atoms with Crippen LogP contribution in [0.25, 0.3) is 6.08 Å². The fourth-order valence-corrected chi connectivity index (χ4v) is 2.89. The van der Waals surface area contributed by atoms with Gasteiger partial charge in [0.15, 0.2) is 4.80 Å². The second kappa shape index (κ2) is 4.81. The second-order valence-corrected chi connectivity index (χ2v) is 5.10. The third kappa shape index (κ3) is 2.34. The van der Waals surface area contributed by atoms with E-state index in [0.29, 0.717) is 28.1 Å². The molecule has 0 bridgehead atoms. The highest BCUT2D eigenvalue weighted by Gasteiger charge is 2.10. The zero-order valence-corrected chi connectivity index (χ0v) is 10.8. The first-order valence-electron chi connectivity index (χ1n) is 5.86. The van der Waals surface area contributed by atoms with E-state index < -0.39 is 0 Å². The summed E-state index contributed by atoms with van der Waals surface area (Å²) in [6.45, 7) is 1.26. The average molecular weight is 273 g/mol. The van der Waals surface area contributed by atoms with E-state index in [1.807, 2.05) is 18.2 Å². The highest BCUT2D eigenvalue weighted by atomic mass is 32.1. The Labute approximate surface area is 112 Å². The van der Waals surface area contributed by atoms with Crippen molar-refractivity contribution in [3.8, 4) is 0 Å². The lowest BCUT2D eigenvalue weighted by atomic mass is 10.3. The fraction of sp³-hybridized carbons (Fsp3) is 0.154. The molecule has 0 atom stereocenters. The Morgan fingerprint density at radius 2 is 2.16 bits per heavy atom. The molecule has 5 nitrogen and oxygen atoms in total. The lowest BCUT2D eigenvalue weighted by Gasteiger charge is -1.99. The molecule has 1 aromatic carbocycles. The fourth-order valence-electron chi connectivity index (χ4n) is 1.89. The van der Waals surface area contributed by atoms with Crippen molar-refractivity contribution in [3.05, 3.63) is 50.0 Å². The number of amides is 1. The number of fused-ring (bicyclic) bond motifs is 1. The summed E-state index contributed by atoms with van der Waals surface area (Å²) in [7, 11) is 0. The van der Waals surface area contributed by atoms with E-state index in [2.05, 4.69) is 10.3 Å². The van der Waals surface area contributed by atoms with Gasteiger partial charge in [-0.3, -0.25) is 19.1 Å². The van der Waals surface area contributed by atoms with Gasteiger partial charge in [-0.1, -0.05) is 29.5 Å². The number of aromatic nitrogens is 1. The lowest BCUT2D eigenvalue weighted by molar-refractivity contribution is -0.110. The molecule has 3 rings (SSSR count). The Bertz CT molecular complexity index is 790. The summed E-state index contributed by atoms with van der Waals surface area (Å²) >= 11 is 1.25. The van der Waals surface area contributed by atoms with Crippen LogP contribution >= 0.6 is 11.3 Å². The molecule has 0 unspecified atom stereocenters. The van der Waals surface area contributed by atoms with E-state index in [4.69, 9.17) is 0 Å². The molecule has 1 amide bonds. The molecular weight excluding hydrogens is 262 g/mol. The van der Waals surface area contributed by atoms with Crippen molar-refractivity contribution in [2.24, 2.45) is 4.99 Å². The van der Waals surface area contributed by atoms with E-state index in [1.165, 1.54) is 17.4 Å². The Kier molecular flexibility index (Phi) is 3.00. The number of nitrogens with one attached hydrogen (secondary N) is 1. The van der Waals surface area contributed by atoms with Gasteiger partial charge in [0.25, 0.3) is 5.56 Å². The van der Waals surface area contributed by atoms with Crippen molar-refractivity contribution in [2.75, 3.05) is 11.9 Å². The van der Waals surface area contributed by atoms with E-state index in [-0.39, 0.29) is 11.5 Å². The average Bonchev–Trinajstić information content (AvgIpc) is 2.96. The standard InChI is InChI=1S/C13H11N3O2S/c17-11(15-9-4-2-1-3-5-9)8-10-12(18)16-7-6-14-13(16)19-10/h1-5,8H,6-7H2,(H,15,17)/b10-8-. The predicted molar refractivity (Wildman–Crippen MR) is 73.8 cm³/mol. The minimum Gasteiger partial charge on any atom is -0.322 e. The minimum absolute atomic E-state index is 0.135. The van der Waals surface area contributed by atoms with Gasteiger partial charge in [0, 0.05) is 18.3 Å². The summed E-state index contributed by atoms with van der Waals surface area (Å²) in [5.41, 5.74) is 0.571. The monoisotopic (exact) mass is 273 g/mol. The number of carbonyl (C=O) groups excluding carboxylic acids is 1. The molecule has 0 radical (unpaired) electrons. The summed E-state index contributed by atoms with van der Waals surface area (Å²) in [6, 6.07) is 9.13. The number of hydrogen-bond donors (Lipinski definition) is 1. The van der Waals surface area contributed by atoms with E-state index in [1.54, 1.807) is 16.7 Å². The number of thiazole rings is 1. The van der Waals surface area contributed by atoms with Gasteiger partial charge >= 0.3 is 0 Å². The summed E-state index contributed by atoms with van der Waals surface area (Å²) < 4.78 is 2.03. The largest absolute Gasteiger partial charge is 0.322 e. The maximum absolute atomic E-state index is 12.0. The van der Waals surface area contributed by atoms with Crippen molar-refractivity contribution in [2.45, 2.75) is 6.54 Å². The number of para-hydroxylation sites is 1. The molecule has 19 heavy (non-hydrogen) atoms. The molecule has 0 aliphatic carbocycles. The van der Waals surface area contributed by atoms with Crippen molar-refractivity contribution in [1.82, 2.24) is 4.57 Å². The van der Waals surface area contributed by atoms with Crippen LogP contribution in [0, 0.1) is 0 Å². The first-order chi connectivity index (χ1) is 9.24. The van der Waals surface area contributed by atoms with E-state index in [0.717, 1.165) is 0 Å². The molecule has 2 aromatic rings. The molecule has 0 fully saturated rings. The Morgan fingerprint density at radius 3 is 2.89 bits per heavy atom. The Hall–Kier alpha value is -2.21. The van der Waals surface area contributed by atoms with Gasteiger partial charge in [-0.05, 0) is 12.1 Å². The van der Waals surface area contributed by atoms with Gasteiger partial charge in [-0.2, -0.15) is 0 Å². The molecule has 0 saturated carbocycles. The van der Waals surface area contributed by atoms with Gasteiger partial charge in [-0.25, -0.2) is 0 Å². The van der Waals surface area contributed by atoms with Crippen LogP contribution in [0.4, 0.5) is 5.69 Å². The molecular formula is C13H11N3O2S. The molecule has 0 saturated heterocycles. The smallest absolute Gasteiger partial charge is 0.270 e. The number of anilines is 1. The number of benzene rings is 1. The van der Waals surface area contributed by atoms with Crippen LogP contribution in [-0.2, 0) is 11.3 Å². The third-order valence-corrected chi connectivity index (χ3v) is 3.81. The summed E-state index contributed by atoms with van der Waals surface area (Å²) in [4.78, 5) is 28.7. The van der Waals surface area contributed by atoms with Gasteiger partial charge in [0.05, 0.1) is 6.54 Å². The Morgan fingerprint density at radius 1 is 1.37 bits per heavy atom. The SMILES string of the molecule is O=C(/C=c1\sc2n(c1=O)CCN=2)Nc1ccccc1. The summed E-state index contributed by atoms with van der Waals surface area (Å²) in [5, 5.41) is 2.72. The van der Waals surface area contributed by atoms with Gasteiger partial charge in [0.2, 0.25) is 5.91 Å². The Balaban J connectivity index is 1.90. The molecule has 1 aliphatic heterocycles. The van der Waals surface area contributed by atoms with Gasteiger partial charge in [0.1, 0.15) is 4.53 Å². The highest BCUT2D eigenvalue weighted by molar-refractivity contribution is 7.07. The molecule has 1 aromatic heterocycles. The quantitative estimate of drug-likeness (QED) is 0.834. The normalized spacial score (nSPS) is 14.0. The van der Waals surface area contributed by atoms with Gasteiger partial charge in [-0.15, -0.1) is 0 Å². The van der Waals surface area contributed by atoms with Crippen LogP contribution in [-0.4, -0.2) is 17.0 Å². The molecule has 96 valence electrons. The predicted octanol–water partition coefficient (Wildman–Crippen LogP) is -0.0378. The first-order valence-corrected chi connectivity index (χ1v) is 6.67. The van der Waals surface area contributed by atoms with Crippen molar-refractivity contribution in [1.29, 1.82) is 0 Å². The zero-order chi connectivity index (χ0) is 13.2. The minimum atomic E-state index is -0.302. The highest BCUT2D eigenvalue weighted by Crippen LogP contribution is 2.04. The summed E-state index contributed by atoms with van der Waals surface area (Å²) in [5.74, 6) is -0.302. The van der Waals surface area contributed by atoms with Crippen LogP contribution in [0.5, 0.6) is 0 Å². The topological polar surface area (TPSA) is 63.5 Å². The van der Waals surface area contributed by atoms with Crippen molar-refractivity contribution >= 4 is 29.0 Å². The molecule has 6 heteroatoms. The van der Waals surface area contributed by atoms with Crippen molar-refractivity contribution in [3.63, 3.8) is 0 Å². The second-order valence-electron chi connectivity index (χ2n) is 4.09. The molecule has 0 spiro atoms. The maximum Gasteiger partial charge on any atom is 0.270 e. The summed E-state index contributed by atoms with van der Waals surface area (Å²) in [6.07, 6.45) is 1.33. The first kappa shape index (κ1) is 11.9. The van der Waals surface area contributed by atoms with Crippen LogP contribution in [0.2, 0.25) is 0 Å². The van der Waals surface area contributed by atoms with Crippen LogP contribution < -0.4 is 20.2 Å². The maximum atomic E-state index is 12.0. The van der Waals surface area contributed by atoms with Crippen LogP contribution in [0.15, 0.2) is 40.1 Å². The van der Waals surface area contributed by atoms with E-state index >= 15 is 0 Å². The molecule has 2 heterocycles. The molecule has 1 aliphatic rings.